The number of carbonyl (C=O) groups is 5. The third-order valence-corrected chi connectivity index (χ3v) is 15.5. The van der Waals surface area contributed by atoms with E-state index in [0.717, 1.165) is 57.8 Å². The van der Waals surface area contributed by atoms with Crippen molar-refractivity contribution < 1.29 is 52.8 Å². The zero-order valence-corrected chi connectivity index (χ0v) is 33.9. The van der Waals surface area contributed by atoms with Crippen molar-refractivity contribution >= 4 is 29.7 Å². The Morgan fingerprint density at radius 3 is 2.11 bits per heavy atom. The summed E-state index contributed by atoms with van der Waals surface area (Å²) in [5.74, 6) is -0.285. The van der Waals surface area contributed by atoms with Crippen molar-refractivity contribution in [3.8, 4) is 0 Å². The number of hydrogen-bond acceptors (Lipinski definition) is 11. The molecule has 1 N–H and O–H groups in total. The van der Waals surface area contributed by atoms with Gasteiger partial charge in [-0.25, -0.2) is 0 Å². The van der Waals surface area contributed by atoms with Gasteiger partial charge in [-0.15, -0.1) is 0 Å². The van der Waals surface area contributed by atoms with E-state index < -0.39 is 60.5 Å². The summed E-state index contributed by atoms with van der Waals surface area (Å²) in [4.78, 5) is 62.3. The molecule has 0 amide bonds. The lowest BCUT2D eigenvalue weighted by atomic mass is 9.37. The molecule has 6 rings (SSSR count). The Kier molecular flexibility index (Phi) is 11.3. The molecule has 0 bridgehead atoms. The largest absolute Gasteiger partial charge is 0.463 e. The average Bonchev–Trinajstić information content (AvgIpc) is 3.06. The molecule has 0 aromatic heterocycles. The lowest BCUT2D eigenvalue weighted by molar-refractivity contribution is -0.268. The number of hydrogen-bond donors (Lipinski definition) is 1. The molecule has 11 heteroatoms. The van der Waals surface area contributed by atoms with Crippen molar-refractivity contribution in [1.82, 2.24) is 0 Å². The number of carbonyl (C=O) groups excluding carboxylic acids is 5. The van der Waals surface area contributed by atoms with Gasteiger partial charge in [-0.05, 0) is 97.2 Å². The monoisotopic (exact) mass is 756 g/mol. The summed E-state index contributed by atoms with van der Waals surface area (Å²) in [6.07, 6.45) is 5.46. The van der Waals surface area contributed by atoms with Crippen LogP contribution in [0.2, 0.25) is 0 Å². The fourth-order valence-electron chi connectivity index (χ4n) is 13.5. The molecule has 0 aromatic carbocycles. The Hall–Kier alpha value is -2.79. The van der Waals surface area contributed by atoms with Crippen LogP contribution in [0.25, 0.3) is 0 Å². The second-order valence-corrected chi connectivity index (χ2v) is 19.0. The van der Waals surface area contributed by atoms with Crippen molar-refractivity contribution in [3.63, 3.8) is 0 Å². The van der Waals surface area contributed by atoms with Gasteiger partial charge >= 0.3 is 23.9 Å². The number of ketones is 1. The minimum atomic E-state index is -1.31. The number of rotatable bonds is 8. The summed E-state index contributed by atoms with van der Waals surface area (Å²) in [5, 5.41) is 12.4. The smallest absolute Gasteiger partial charge is 0.303 e. The first-order valence-corrected chi connectivity index (χ1v) is 20.5. The van der Waals surface area contributed by atoms with Crippen LogP contribution >= 0.6 is 0 Å². The summed E-state index contributed by atoms with van der Waals surface area (Å²) in [7, 11) is 0. The predicted octanol–water partition coefficient (Wildman–Crippen LogP) is 6.45. The lowest BCUT2D eigenvalue weighted by Crippen LogP contribution is -2.65. The van der Waals surface area contributed by atoms with Crippen molar-refractivity contribution in [1.29, 1.82) is 0 Å². The van der Waals surface area contributed by atoms with Gasteiger partial charge in [0.15, 0.2) is 18.3 Å². The molecule has 0 spiro atoms. The van der Waals surface area contributed by atoms with Gasteiger partial charge in [-0.2, -0.15) is 0 Å². The van der Waals surface area contributed by atoms with E-state index in [1.165, 1.54) is 33.3 Å². The number of ether oxygens (including phenoxy) is 5. The number of allylic oxidation sites excluding steroid dienone is 2. The second kappa shape index (κ2) is 14.9. The van der Waals surface area contributed by atoms with Crippen molar-refractivity contribution in [2.75, 3.05) is 6.61 Å². The fraction of sp³-hybridized carbons (Fsp3) is 0.837. The Labute approximate surface area is 321 Å². The lowest BCUT2D eigenvalue weighted by Gasteiger charge is -2.67. The molecule has 5 aliphatic carbocycles. The quantitative estimate of drug-likeness (QED) is 0.165. The average molecular weight is 757 g/mol. The number of aliphatic hydroxyl groups is 1. The first-order chi connectivity index (χ1) is 25.2. The van der Waals surface area contributed by atoms with Gasteiger partial charge in [-0.3, -0.25) is 24.0 Å². The molecule has 1 saturated heterocycles. The molecule has 14 atom stereocenters. The summed E-state index contributed by atoms with van der Waals surface area (Å²) in [6, 6.07) is 0. The molecule has 302 valence electrons. The van der Waals surface area contributed by atoms with Gasteiger partial charge in [0.1, 0.15) is 24.6 Å². The van der Waals surface area contributed by atoms with Gasteiger partial charge in [0, 0.05) is 39.5 Å². The summed E-state index contributed by atoms with van der Waals surface area (Å²) in [5.41, 5.74) is 1.21. The molecule has 1 heterocycles. The SMILES string of the molecule is CC(=O)OCC1O[C@@H]([C@H](O)C[C@]23CCC[C@H](C)C2C2=CCC4[C@@](C)(CCC5C(C)(C)C(=O)CC[C@@]54C)C2CC3)C(OC(C)=O)C(OC(C)=O)[C@@H]1OC(C)=O. The number of fused-ring (bicyclic) bond motifs is 7. The molecule has 1 aliphatic heterocycles. The Bertz CT molecular complexity index is 1530. The zero-order valence-electron chi connectivity index (χ0n) is 33.9. The van der Waals surface area contributed by atoms with Crippen LogP contribution < -0.4 is 0 Å². The normalized spacial score (nSPS) is 43.1. The van der Waals surface area contributed by atoms with Gasteiger partial charge < -0.3 is 28.8 Å². The van der Waals surface area contributed by atoms with Crippen LogP contribution in [0, 0.1) is 51.2 Å². The molecule has 0 aromatic rings. The van der Waals surface area contributed by atoms with Crippen LogP contribution in [0.1, 0.15) is 133 Å². The van der Waals surface area contributed by atoms with E-state index in [4.69, 9.17) is 23.7 Å². The number of Topliss-reactive ketones (excluding diaryl/α,β-unsaturated/α-hetero) is 1. The topological polar surface area (TPSA) is 152 Å². The third-order valence-electron chi connectivity index (χ3n) is 15.5. The van der Waals surface area contributed by atoms with Crippen molar-refractivity contribution in [2.45, 2.75) is 170 Å². The summed E-state index contributed by atoms with van der Waals surface area (Å²) < 4.78 is 28.8. The van der Waals surface area contributed by atoms with E-state index in [-0.39, 0.29) is 34.2 Å². The van der Waals surface area contributed by atoms with E-state index in [9.17, 15) is 29.1 Å². The number of esters is 4. The van der Waals surface area contributed by atoms with E-state index in [0.29, 0.717) is 42.3 Å². The highest BCUT2D eigenvalue weighted by Gasteiger charge is 2.65. The standard InChI is InChI=1S/C43H64O11/c1-23-11-10-17-43(20-14-29-28(35(23)43)12-13-33-41(29,8)18-15-32-40(6,7)34(49)16-19-42(32,33)9)21-30(48)36-38(52-26(4)46)39(53-27(5)47)37(51-25(3)45)31(54-36)22-50-24(2)44/h12,23,29-33,35-39,48H,10-11,13-22H2,1-9H3/t23-,29?,30+,31?,32?,33?,35?,36-,37+,38?,39?,41-,42-,43+/m0/s1. The molecular formula is C43H64O11. The van der Waals surface area contributed by atoms with Gasteiger partial charge in [-0.1, -0.05) is 59.1 Å². The van der Waals surface area contributed by atoms with E-state index in [1.807, 2.05) is 0 Å². The molecule has 5 fully saturated rings. The van der Waals surface area contributed by atoms with E-state index in [1.54, 1.807) is 0 Å². The first-order valence-electron chi connectivity index (χ1n) is 20.5. The van der Waals surface area contributed by atoms with Gasteiger partial charge in [0.2, 0.25) is 0 Å². The fourth-order valence-corrected chi connectivity index (χ4v) is 13.5. The van der Waals surface area contributed by atoms with Crippen LogP contribution in [0.5, 0.6) is 0 Å². The first kappa shape index (κ1) is 40.9. The van der Waals surface area contributed by atoms with Crippen LogP contribution in [0.3, 0.4) is 0 Å². The summed E-state index contributed by atoms with van der Waals surface area (Å²) in [6.45, 7) is 16.3. The molecular weight excluding hydrogens is 692 g/mol. The predicted molar refractivity (Wildman–Crippen MR) is 197 cm³/mol. The van der Waals surface area contributed by atoms with Crippen LogP contribution in [-0.4, -0.2) is 78.0 Å². The summed E-state index contributed by atoms with van der Waals surface area (Å²) >= 11 is 0. The Morgan fingerprint density at radius 1 is 0.815 bits per heavy atom. The molecule has 6 aliphatic rings. The maximum Gasteiger partial charge on any atom is 0.303 e. The maximum atomic E-state index is 13.2. The van der Waals surface area contributed by atoms with Crippen molar-refractivity contribution in [3.05, 3.63) is 11.6 Å². The minimum absolute atomic E-state index is 0.102. The highest BCUT2D eigenvalue weighted by molar-refractivity contribution is 5.85. The Balaban J connectivity index is 1.33. The Morgan fingerprint density at radius 2 is 1.46 bits per heavy atom. The van der Waals surface area contributed by atoms with Crippen LogP contribution in [0.4, 0.5) is 0 Å². The molecule has 4 saturated carbocycles. The second-order valence-electron chi connectivity index (χ2n) is 19.0. The van der Waals surface area contributed by atoms with Crippen molar-refractivity contribution in [2.24, 2.45) is 51.2 Å². The number of aliphatic hydroxyl groups excluding tert-OH is 1. The zero-order chi connectivity index (χ0) is 39.5. The van der Waals surface area contributed by atoms with E-state index in [2.05, 4.69) is 40.7 Å². The third kappa shape index (κ3) is 7.07. The van der Waals surface area contributed by atoms with E-state index >= 15 is 0 Å². The minimum Gasteiger partial charge on any atom is -0.463 e. The van der Waals surface area contributed by atoms with Gasteiger partial charge in [0.25, 0.3) is 0 Å². The molecule has 0 radical (unpaired) electrons. The van der Waals surface area contributed by atoms with Crippen LogP contribution in [0.15, 0.2) is 11.6 Å². The molecule has 7 unspecified atom stereocenters. The van der Waals surface area contributed by atoms with Gasteiger partial charge in [0.05, 0.1) is 6.10 Å². The maximum absolute atomic E-state index is 13.2. The van der Waals surface area contributed by atoms with Crippen LogP contribution in [-0.2, 0) is 47.7 Å². The highest BCUT2D eigenvalue weighted by atomic mass is 16.7. The molecule has 11 nitrogen and oxygen atoms in total. The highest BCUT2D eigenvalue weighted by Crippen LogP contribution is 2.72. The molecule has 54 heavy (non-hydrogen) atoms.